The summed E-state index contributed by atoms with van der Waals surface area (Å²) < 4.78 is 0. The smallest absolute Gasteiger partial charge is 0.128 e. The molecule has 0 saturated heterocycles. The van der Waals surface area contributed by atoms with Gasteiger partial charge in [-0.3, -0.25) is 0 Å². The Labute approximate surface area is 97.7 Å². The Hall–Kier alpha value is -0.860. The Balaban J connectivity index is 1.77. The van der Waals surface area contributed by atoms with E-state index in [1.807, 2.05) is 30.3 Å². The highest BCUT2D eigenvalue weighted by molar-refractivity contribution is 5.16. The first-order chi connectivity index (χ1) is 7.86. The minimum Gasteiger partial charge on any atom is -0.382 e. The molecule has 0 bridgehead atoms. The molecular formula is C14H22NO+. The van der Waals surface area contributed by atoms with Crippen molar-refractivity contribution in [2.45, 2.75) is 44.2 Å². The highest BCUT2D eigenvalue weighted by Crippen LogP contribution is 2.15. The van der Waals surface area contributed by atoms with Gasteiger partial charge in [-0.05, 0) is 31.2 Å². The lowest BCUT2D eigenvalue weighted by Gasteiger charge is -2.21. The Morgan fingerprint density at radius 3 is 2.50 bits per heavy atom. The van der Waals surface area contributed by atoms with Crippen LogP contribution >= 0.6 is 0 Å². The summed E-state index contributed by atoms with van der Waals surface area (Å²) in [5.74, 6) is 0. The van der Waals surface area contributed by atoms with Crippen molar-refractivity contribution in [1.82, 2.24) is 0 Å². The van der Waals surface area contributed by atoms with Crippen LogP contribution in [0.4, 0.5) is 0 Å². The molecule has 1 fully saturated rings. The molecule has 2 nitrogen and oxygen atoms in total. The zero-order valence-electron chi connectivity index (χ0n) is 9.81. The van der Waals surface area contributed by atoms with Crippen LogP contribution in [0.3, 0.4) is 0 Å². The molecule has 16 heavy (non-hydrogen) atoms. The molecule has 0 heterocycles. The summed E-state index contributed by atoms with van der Waals surface area (Å²) in [6.07, 6.45) is 6.45. The molecule has 3 N–H and O–H groups in total. The molecule has 2 heteroatoms. The third-order valence-corrected chi connectivity index (χ3v) is 3.53. The highest BCUT2D eigenvalue weighted by Gasteiger charge is 2.18. The fourth-order valence-electron chi connectivity index (χ4n) is 2.50. The summed E-state index contributed by atoms with van der Waals surface area (Å²) in [6.45, 7) is 0.800. The second-order valence-electron chi connectivity index (χ2n) is 4.80. The van der Waals surface area contributed by atoms with Gasteiger partial charge in [0.15, 0.2) is 0 Å². The van der Waals surface area contributed by atoms with Crippen molar-refractivity contribution < 1.29 is 10.4 Å². The summed E-state index contributed by atoms with van der Waals surface area (Å²) in [6, 6.07) is 10.7. The van der Waals surface area contributed by atoms with E-state index in [9.17, 15) is 5.11 Å². The van der Waals surface area contributed by atoms with Crippen LogP contribution in [0.15, 0.2) is 30.3 Å². The van der Waals surface area contributed by atoms with Crippen LogP contribution in [0.2, 0.25) is 0 Å². The summed E-state index contributed by atoms with van der Waals surface area (Å²) in [4.78, 5) is 0. The van der Waals surface area contributed by atoms with Gasteiger partial charge in [0.25, 0.3) is 0 Å². The molecule has 1 aromatic carbocycles. The molecule has 1 unspecified atom stereocenters. The average Bonchev–Trinajstić information content (AvgIpc) is 2.38. The van der Waals surface area contributed by atoms with Crippen LogP contribution in [0.1, 0.15) is 43.8 Å². The van der Waals surface area contributed by atoms with Crippen LogP contribution in [0.5, 0.6) is 0 Å². The van der Waals surface area contributed by atoms with Gasteiger partial charge in [-0.1, -0.05) is 36.8 Å². The van der Waals surface area contributed by atoms with Crippen molar-refractivity contribution >= 4 is 0 Å². The lowest BCUT2D eigenvalue weighted by atomic mass is 9.95. The van der Waals surface area contributed by atoms with E-state index in [-0.39, 0.29) is 6.10 Å². The second kappa shape index (κ2) is 6.02. The number of aliphatic hydroxyl groups is 1. The van der Waals surface area contributed by atoms with Crippen LogP contribution < -0.4 is 5.32 Å². The maximum absolute atomic E-state index is 10.0. The van der Waals surface area contributed by atoms with E-state index >= 15 is 0 Å². The first-order valence-corrected chi connectivity index (χ1v) is 6.42. The lowest BCUT2D eigenvalue weighted by molar-refractivity contribution is -0.698. The SMILES string of the molecule is OC(C[NH2+]C1CCCCC1)c1ccccc1. The van der Waals surface area contributed by atoms with Gasteiger partial charge in [-0.25, -0.2) is 0 Å². The van der Waals surface area contributed by atoms with Crippen LogP contribution in [0, 0.1) is 0 Å². The summed E-state index contributed by atoms with van der Waals surface area (Å²) in [5, 5.41) is 12.4. The number of rotatable bonds is 4. The molecule has 0 aromatic heterocycles. The lowest BCUT2D eigenvalue weighted by Crippen LogP contribution is -2.91. The van der Waals surface area contributed by atoms with Gasteiger partial charge in [0.05, 0.1) is 6.04 Å². The van der Waals surface area contributed by atoms with Gasteiger partial charge in [0, 0.05) is 0 Å². The van der Waals surface area contributed by atoms with E-state index in [0.29, 0.717) is 0 Å². The second-order valence-corrected chi connectivity index (χ2v) is 4.80. The molecule has 1 aliphatic rings. The molecule has 88 valence electrons. The molecule has 2 rings (SSSR count). The quantitative estimate of drug-likeness (QED) is 0.795. The topological polar surface area (TPSA) is 36.8 Å². The van der Waals surface area contributed by atoms with Crippen molar-refractivity contribution in [1.29, 1.82) is 0 Å². The zero-order valence-corrected chi connectivity index (χ0v) is 9.81. The van der Waals surface area contributed by atoms with Crippen LogP contribution in [-0.4, -0.2) is 17.7 Å². The van der Waals surface area contributed by atoms with E-state index in [4.69, 9.17) is 0 Å². The first-order valence-electron chi connectivity index (χ1n) is 6.42. The Morgan fingerprint density at radius 2 is 1.81 bits per heavy atom. The Morgan fingerprint density at radius 1 is 1.12 bits per heavy atom. The van der Waals surface area contributed by atoms with Crippen LogP contribution in [0.25, 0.3) is 0 Å². The molecule has 1 aliphatic carbocycles. The largest absolute Gasteiger partial charge is 0.382 e. The summed E-state index contributed by atoms with van der Waals surface area (Å²) >= 11 is 0. The minimum atomic E-state index is -0.317. The molecule has 1 aromatic rings. The standard InChI is InChI=1S/C14H21NO/c16-14(12-7-3-1-4-8-12)11-15-13-9-5-2-6-10-13/h1,3-4,7-8,13-16H,2,5-6,9-11H2/p+1. The average molecular weight is 220 g/mol. The van der Waals surface area contributed by atoms with E-state index in [1.165, 1.54) is 32.1 Å². The van der Waals surface area contributed by atoms with Gasteiger partial charge < -0.3 is 10.4 Å². The number of hydrogen-bond donors (Lipinski definition) is 2. The van der Waals surface area contributed by atoms with Gasteiger partial charge in [0.1, 0.15) is 12.6 Å². The van der Waals surface area contributed by atoms with Crippen molar-refractivity contribution in [2.75, 3.05) is 6.54 Å². The van der Waals surface area contributed by atoms with Gasteiger partial charge in [0.2, 0.25) is 0 Å². The van der Waals surface area contributed by atoms with Gasteiger partial charge in [-0.15, -0.1) is 0 Å². The maximum atomic E-state index is 10.0. The predicted octanol–water partition coefficient (Wildman–Crippen LogP) is 1.62. The third-order valence-electron chi connectivity index (χ3n) is 3.53. The molecular weight excluding hydrogens is 198 g/mol. The van der Waals surface area contributed by atoms with E-state index < -0.39 is 0 Å². The predicted molar refractivity (Wildman–Crippen MR) is 65.1 cm³/mol. The number of aliphatic hydroxyl groups excluding tert-OH is 1. The van der Waals surface area contributed by atoms with Crippen molar-refractivity contribution in [3.63, 3.8) is 0 Å². The molecule has 0 spiro atoms. The number of hydrogen-bond acceptors (Lipinski definition) is 1. The normalized spacial score (nSPS) is 19.6. The minimum absolute atomic E-state index is 0.317. The molecule has 0 amide bonds. The van der Waals surface area contributed by atoms with Crippen molar-refractivity contribution in [2.24, 2.45) is 0 Å². The summed E-state index contributed by atoms with van der Waals surface area (Å²) in [7, 11) is 0. The number of nitrogens with two attached hydrogens (primary N) is 1. The van der Waals surface area contributed by atoms with Gasteiger partial charge in [-0.2, -0.15) is 0 Å². The molecule has 0 aliphatic heterocycles. The Bertz CT molecular complexity index is 293. The molecule has 0 radical (unpaired) electrons. The molecule has 1 atom stereocenters. The number of benzene rings is 1. The van der Waals surface area contributed by atoms with E-state index in [2.05, 4.69) is 5.32 Å². The van der Waals surface area contributed by atoms with E-state index in [0.717, 1.165) is 18.2 Å². The van der Waals surface area contributed by atoms with Crippen molar-refractivity contribution in [3.05, 3.63) is 35.9 Å². The van der Waals surface area contributed by atoms with Gasteiger partial charge >= 0.3 is 0 Å². The number of quaternary nitrogens is 1. The monoisotopic (exact) mass is 220 g/mol. The first kappa shape index (κ1) is 11.6. The highest BCUT2D eigenvalue weighted by atomic mass is 16.3. The third kappa shape index (κ3) is 3.32. The zero-order chi connectivity index (χ0) is 11.2. The van der Waals surface area contributed by atoms with E-state index in [1.54, 1.807) is 0 Å². The molecule has 1 saturated carbocycles. The van der Waals surface area contributed by atoms with Crippen LogP contribution in [-0.2, 0) is 0 Å². The maximum Gasteiger partial charge on any atom is 0.128 e. The van der Waals surface area contributed by atoms with Crippen molar-refractivity contribution in [3.8, 4) is 0 Å². The fourth-order valence-corrected chi connectivity index (χ4v) is 2.50. The fraction of sp³-hybridized carbons (Fsp3) is 0.571. The Kier molecular flexibility index (Phi) is 4.37. The summed E-state index contributed by atoms with van der Waals surface area (Å²) in [5.41, 5.74) is 1.04.